The van der Waals surface area contributed by atoms with Crippen LogP contribution in [0, 0.1) is 0 Å². The number of hydrogen-bond donors (Lipinski definition) is 0. The number of aryl methyl sites for hydroxylation is 2. The third-order valence-corrected chi connectivity index (χ3v) is 5.92. The van der Waals surface area contributed by atoms with Crippen molar-refractivity contribution in [2.45, 2.75) is 58.4 Å². The van der Waals surface area contributed by atoms with Crippen LogP contribution >= 0.6 is 0 Å². The average molecular weight is 383 g/mol. The second-order valence-electron chi connectivity index (χ2n) is 7.91. The van der Waals surface area contributed by atoms with Gasteiger partial charge >= 0.3 is 0 Å². The van der Waals surface area contributed by atoms with Gasteiger partial charge in [-0.3, -0.25) is 4.79 Å². The number of likely N-dealkylation sites (N-methyl/N-ethyl adjacent to an activating group) is 1. The van der Waals surface area contributed by atoms with Crippen molar-refractivity contribution in [1.29, 1.82) is 0 Å². The molecule has 0 radical (unpaired) electrons. The van der Waals surface area contributed by atoms with Crippen LogP contribution in [0.2, 0.25) is 0 Å². The van der Waals surface area contributed by atoms with Crippen molar-refractivity contribution < 1.29 is 9.32 Å². The minimum atomic E-state index is 0.0410. The van der Waals surface area contributed by atoms with Crippen molar-refractivity contribution in [1.82, 2.24) is 24.9 Å². The van der Waals surface area contributed by atoms with Gasteiger partial charge in [-0.2, -0.15) is 0 Å². The molecule has 0 spiro atoms. The first-order chi connectivity index (χ1) is 13.6. The molecular weight excluding hydrogens is 354 g/mol. The fourth-order valence-corrected chi connectivity index (χ4v) is 4.29. The summed E-state index contributed by atoms with van der Waals surface area (Å²) in [4.78, 5) is 27.0. The minimum Gasteiger partial charge on any atom is -0.360 e. The van der Waals surface area contributed by atoms with E-state index in [1.807, 2.05) is 24.9 Å². The summed E-state index contributed by atoms with van der Waals surface area (Å²) in [5.41, 5.74) is 3.83. The number of fused-ring (bicyclic) bond motifs is 1. The number of piperidine rings is 1. The predicted molar refractivity (Wildman–Crippen MR) is 105 cm³/mol. The lowest BCUT2D eigenvalue weighted by atomic mass is 9.95. The van der Waals surface area contributed by atoms with E-state index >= 15 is 0 Å². The van der Waals surface area contributed by atoms with Crippen LogP contribution in [-0.2, 0) is 25.8 Å². The lowest BCUT2D eigenvalue weighted by Gasteiger charge is -2.32. The van der Waals surface area contributed by atoms with Crippen LogP contribution < -0.4 is 0 Å². The van der Waals surface area contributed by atoms with Crippen LogP contribution in [0.3, 0.4) is 0 Å². The van der Waals surface area contributed by atoms with E-state index in [0.29, 0.717) is 30.7 Å². The van der Waals surface area contributed by atoms with Crippen LogP contribution in [0.4, 0.5) is 0 Å². The molecule has 0 aliphatic carbocycles. The maximum Gasteiger partial charge on any atom is 0.259 e. The quantitative estimate of drug-likeness (QED) is 0.808. The molecule has 7 nitrogen and oxygen atoms in total. The number of carbonyl (C=O) groups excluding carboxylic acids is 1. The third kappa shape index (κ3) is 3.55. The van der Waals surface area contributed by atoms with Crippen molar-refractivity contribution in [2.75, 3.05) is 26.7 Å². The van der Waals surface area contributed by atoms with Crippen molar-refractivity contribution in [3.8, 4) is 0 Å². The predicted octanol–water partition coefficient (Wildman–Crippen LogP) is 2.60. The van der Waals surface area contributed by atoms with Gasteiger partial charge in [0.1, 0.15) is 17.1 Å². The molecule has 2 aliphatic rings. The molecule has 1 saturated heterocycles. The third-order valence-electron chi connectivity index (χ3n) is 5.92. The molecule has 28 heavy (non-hydrogen) atoms. The van der Waals surface area contributed by atoms with Gasteiger partial charge < -0.3 is 14.3 Å². The van der Waals surface area contributed by atoms with Gasteiger partial charge in [0.05, 0.1) is 5.69 Å². The van der Waals surface area contributed by atoms with Gasteiger partial charge in [-0.25, -0.2) is 9.97 Å². The molecule has 0 N–H and O–H groups in total. The summed E-state index contributed by atoms with van der Waals surface area (Å²) >= 11 is 0. The number of aromatic nitrogens is 3. The van der Waals surface area contributed by atoms with Gasteiger partial charge in [-0.05, 0) is 26.3 Å². The highest BCUT2D eigenvalue weighted by Crippen LogP contribution is 2.28. The summed E-state index contributed by atoms with van der Waals surface area (Å²) in [6, 6.07) is 0. The molecule has 2 aliphatic heterocycles. The maximum absolute atomic E-state index is 13.2. The van der Waals surface area contributed by atoms with Crippen LogP contribution in [0.5, 0.6) is 0 Å². The highest BCUT2D eigenvalue weighted by atomic mass is 16.5. The lowest BCUT2D eigenvalue weighted by Crippen LogP contribution is -2.40. The molecule has 0 unspecified atom stereocenters. The summed E-state index contributed by atoms with van der Waals surface area (Å²) < 4.78 is 5.40. The molecule has 0 bridgehead atoms. The first kappa shape index (κ1) is 19.1. The summed E-state index contributed by atoms with van der Waals surface area (Å²) in [5.74, 6) is 1.81. The van der Waals surface area contributed by atoms with E-state index in [4.69, 9.17) is 9.51 Å². The van der Waals surface area contributed by atoms with Crippen molar-refractivity contribution in [3.63, 3.8) is 0 Å². The van der Waals surface area contributed by atoms with Gasteiger partial charge in [0.25, 0.3) is 5.91 Å². The van der Waals surface area contributed by atoms with Gasteiger partial charge in [-0.1, -0.05) is 19.0 Å². The van der Waals surface area contributed by atoms with E-state index in [2.05, 4.69) is 22.1 Å². The highest BCUT2D eigenvalue weighted by molar-refractivity contribution is 5.96. The molecule has 1 atom stereocenters. The van der Waals surface area contributed by atoms with Crippen LogP contribution in [0.15, 0.2) is 10.7 Å². The first-order valence-electron chi connectivity index (χ1n) is 10.4. The number of rotatable bonds is 4. The molecule has 0 saturated carbocycles. The van der Waals surface area contributed by atoms with Gasteiger partial charge in [0.2, 0.25) is 0 Å². The Bertz CT molecular complexity index is 841. The van der Waals surface area contributed by atoms with E-state index in [1.54, 1.807) is 0 Å². The molecule has 150 valence electrons. The standard InChI is InChI=1S/C21H29N5O2/c1-4-16-19(18(5-2)28-24-16)21(27)26-9-6-7-14(13-26)20-22-11-15-12-25(3)10-8-17(15)23-20/h11,14H,4-10,12-13H2,1-3H3/t14-/m0/s1. The Morgan fingerprint density at radius 1 is 1.29 bits per heavy atom. The second-order valence-corrected chi connectivity index (χ2v) is 7.91. The molecule has 7 heteroatoms. The summed E-state index contributed by atoms with van der Waals surface area (Å²) in [7, 11) is 2.13. The summed E-state index contributed by atoms with van der Waals surface area (Å²) in [6.07, 6.45) is 6.31. The van der Waals surface area contributed by atoms with Gasteiger partial charge in [-0.15, -0.1) is 0 Å². The second kappa shape index (κ2) is 7.99. The Morgan fingerprint density at radius 2 is 2.14 bits per heavy atom. The van der Waals surface area contributed by atoms with E-state index in [-0.39, 0.29) is 11.8 Å². The van der Waals surface area contributed by atoms with E-state index in [0.717, 1.165) is 50.4 Å². The minimum absolute atomic E-state index is 0.0410. The smallest absolute Gasteiger partial charge is 0.259 e. The molecule has 4 heterocycles. The van der Waals surface area contributed by atoms with Crippen LogP contribution in [-0.4, -0.2) is 57.5 Å². The molecule has 2 aromatic heterocycles. The fraction of sp³-hybridized carbons (Fsp3) is 0.619. The van der Waals surface area contributed by atoms with Crippen LogP contribution in [0.1, 0.15) is 71.5 Å². The zero-order chi connectivity index (χ0) is 19.7. The van der Waals surface area contributed by atoms with Crippen molar-refractivity contribution >= 4 is 5.91 Å². The zero-order valence-corrected chi connectivity index (χ0v) is 17.1. The average Bonchev–Trinajstić information content (AvgIpc) is 3.16. The molecular formula is C21H29N5O2. The number of nitrogens with zero attached hydrogens (tertiary/aromatic N) is 5. The summed E-state index contributed by atoms with van der Waals surface area (Å²) in [6.45, 7) is 7.38. The Labute approximate surface area is 166 Å². The zero-order valence-electron chi connectivity index (χ0n) is 17.1. The normalized spacial score (nSPS) is 20.2. The molecule has 1 fully saturated rings. The van der Waals surface area contributed by atoms with Gasteiger partial charge in [0, 0.05) is 62.4 Å². The van der Waals surface area contributed by atoms with Gasteiger partial charge in [0.15, 0.2) is 0 Å². The maximum atomic E-state index is 13.2. The Morgan fingerprint density at radius 3 is 2.93 bits per heavy atom. The first-order valence-corrected chi connectivity index (χ1v) is 10.4. The Balaban J connectivity index is 1.54. The highest BCUT2D eigenvalue weighted by Gasteiger charge is 2.31. The van der Waals surface area contributed by atoms with E-state index < -0.39 is 0 Å². The number of hydrogen-bond acceptors (Lipinski definition) is 6. The topological polar surface area (TPSA) is 75.4 Å². The SMILES string of the molecule is CCc1noc(CC)c1C(=O)N1CCC[C@H](c2ncc3c(n2)CCN(C)C3)C1. The van der Waals surface area contributed by atoms with E-state index in [1.165, 1.54) is 11.3 Å². The van der Waals surface area contributed by atoms with Crippen molar-refractivity contribution in [3.05, 3.63) is 40.3 Å². The number of amides is 1. The molecule has 2 aromatic rings. The number of carbonyl (C=O) groups is 1. The Hall–Kier alpha value is -2.28. The van der Waals surface area contributed by atoms with Crippen molar-refractivity contribution in [2.24, 2.45) is 0 Å². The lowest BCUT2D eigenvalue weighted by molar-refractivity contribution is 0.0701. The molecule has 1 amide bonds. The fourth-order valence-electron chi connectivity index (χ4n) is 4.29. The monoisotopic (exact) mass is 383 g/mol. The molecule has 4 rings (SSSR count). The largest absolute Gasteiger partial charge is 0.360 e. The van der Waals surface area contributed by atoms with E-state index in [9.17, 15) is 4.79 Å². The summed E-state index contributed by atoms with van der Waals surface area (Å²) in [5, 5.41) is 4.10. The van der Waals surface area contributed by atoms with Crippen LogP contribution in [0.25, 0.3) is 0 Å². The number of likely N-dealkylation sites (tertiary alicyclic amines) is 1. The molecule has 0 aromatic carbocycles. The Kier molecular flexibility index (Phi) is 5.44.